The normalized spacial score (nSPS) is 16.7. The van der Waals surface area contributed by atoms with Gasteiger partial charge in [-0.15, -0.1) is 0 Å². The summed E-state index contributed by atoms with van der Waals surface area (Å²) in [5.41, 5.74) is 6.14. The Morgan fingerprint density at radius 1 is 1.36 bits per heavy atom. The van der Waals surface area contributed by atoms with E-state index in [-0.39, 0.29) is 17.3 Å². The van der Waals surface area contributed by atoms with E-state index in [9.17, 15) is 13.2 Å². The van der Waals surface area contributed by atoms with Crippen molar-refractivity contribution in [3.63, 3.8) is 0 Å². The van der Waals surface area contributed by atoms with Crippen LogP contribution in [0.25, 0.3) is 0 Å². The van der Waals surface area contributed by atoms with Gasteiger partial charge >= 0.3 is 0 Å². The van der Waals surface area contributed by atoms with Crippen molar-refractivity contribution in [2.24, 2.45) is 5.73 Å². The van der Waals surface area contributed by atoms with Gasteiger partial charge in [0.2, 0.25) is 5.91 Å². The average Bonchev–Trinajstić information content (AvgIpc) is 2.55. The van der Waals surface area contributed by atoms with E-state index in [0.29, 0.717) is 38.0 Å². The van der Waals surface area contributed by atoms with Crippen molar-refractivity contribution in [3.05, 3.63) is 24.0 Å². The van der Waals surface area contributed by atoms with Crippen molar-refractivity contribution < 1.29 is 13.2 Å². The van der Waals surface area contributed by atoms with Crippen molar-refractivity contribution >= 4 is 15.7 Å². The number of aromatic nitrogens is 1. The summed E-state index contributed by atoms with van der Waals surface area (Å²) in [5, 5.41) is -0.441. The largest absolute Gasteiger partial charge is 0.343 e. The first-order valence-corrected chi connectivity index (χ1v) is 9.20. The van der Waals surface area contributed by atoms with Crippen LogP contribution in [0.5, 0.6) is 0 Å². The van der Waals surface area contributed by atoms with Crippen LogP contribution in [-0.4, -0.2) is 42.5 Å². The first kappa shape index (κ1) is 16.9. The lowest BCUT2D eigenvalue weighted by atomic mass is 10.1. The van der Waals surface area contributed by atoms with Gasteiger partial charge in [0.1, 0.15) is 0 Å². The molecule has 2 rings (SSSR count). The molecule has 1 amide bonds. The Kier molecular flexibility index (Phi) is 5.52. The van der Waals surface area contributed by atoms with Crippen LogP contribution in [0.1, 0.15) is 38.3 Å². The predicted molar refractivity (Wildman–Crippen MR) is 83.8 cm³/mol. The molecule has 0 radical (unpaired) electrons. The molecule has 0 unspecified atom stereocenters. The fourth-order valence-electron chi connectivity index (χ4n) is 2.68. The zero-order valence-electron chi connectivity index (χ0n) is 12.9. The fourth-order valence-corrected chi connectivity index (χ4v) is 4.35. The van der Waals surface area contributed by atoms with E-state index in [2.05, 4.69) is 4.98 Å². The number of rotatable bonds is 5. The van der Waals surface area contributed by atoms with Crippen LogP contribution in [-0.2, 0) is 21.2 Å². The van der Waals surface area contributed by atoms with Gasteiger partial charge in [0.05, 0.1) is 15.8 Å². The highest BCUT2D eigenvalue weighted by molar-refractivity contribution is 7.92. The molecule has 2 N–H and O–H groups in total. The smallest absolute Gasteiger partial charge is 0.222 e. The quantitative estimate of drug-likeness (QED) is 0.875. The summed E-state index contributed by atoms with van der Waals surface area (Å²) in [6, 6.07) is 3.21. The molecular weight excluding hydrogens is 302 g/mol. The molecule has 0 aromatic carbocycles. The van der Waals surface area contributed by atoms with Gasteiger partial charge in [0.15, 0.2) is 9.84 Å². The van der Waals surface area contributed by atoms with Gasteiger partial charge in [-0.3, -0.25) is 9.78 Å². The molecule has 0 saturated carbocycles. The van der Waals surface area contributed by atoms with Crippen molar-refractivity contribution in [1.29, 1.82) is 0 Å². The number of nitrogens with two attached hydrogens (primary N) is 1. The lowest BCUT2D eigenvalue weighted by Gasteiger charge is -2.31. The maximum atomic E-state index is 12.6. The van der Waals surface area contributed by atoms with E-state index in [1.54, 1.807) is 17.0 Å². The molecule has 1 aliphatic rings. The van der Waals surface area contributed by atoms with Gasteiger partial charge in [0, 0.05) is 32.3 Å². The molecule has 2 heterocycles. The molecule has 0 atom stereocenters. The Balaban J connectivity index is 2.04. The lowest BCUT2D eigenvalue weighted by Crippen LogP contribution is -2.42. The third-order valence-electron chi connectivity index (χ3n) is 4.03. The zero-order valence-corrected chi connectivity index (χ0v) is 13.7. The Morgan fingerprint density at radius 2 is 2.05 bits per heavy atom. The van der Waals surface area contributed by atoms with E-state index in [1.165, 1.54) is 6.20 Å². The minimum atomic E-state index is -3.39. The maximum Gasteiger partial charge on any atom is 0.222 e. The molecule has 0 bridgehead atoms. The topological polar surface area (TPSA) is 93.4 Å². The molecule has 1 fully saturated rings. The number of carbonyl (C=O) groups is 1. The fraction of sp³-hybridized carbons (Fsp3) is 0.600. The zero-order chi connectivity index (χ0) is 16.2. The Hall–Kier alpha value is -1.47. The van der Waals surface area contributed by atoms with Gasteiger partial charge in [-0.25, -0.2) is 8.42 Å². The number of carbonyl (C=O) groups excluding carboxylic acids is 1. The third kappa shape index (κ3) is 3.64. The van der Waals surface area contributed by atoms with Gasteiger partial charge in [-0.05, 0) is 31.4 Å². The number of nitrogens with zero attached hydrogens (tertiary/aromatic N) is 2. The van der Waals surface area contributed by atoms with Crippen molar-refractivity contribution in [1.82, 2.24) is 9.88 Å². The number of hydrogen-bond acceptors (Lipinski definition) is 5. The van der Waals surface area contributed by atoms with Crippen LogP contribution in [0.15, 0.2) is 23.2 Å². The minimum Gasteiger partial charge on any atom is -0.343 e. The van der Waals surface area contributed by atoms with Gasteiger partial charge in [-0.1, -0.05) is 6.92 Å². The predicted octanol–water partition coefficient (Wildman–Crippen LogP) is 1.11. The lowest BCUT2D eigenvalue weighted by molar-refractivity contribution is -0.132. The number of sulfone groups is 1. The van der Waals surface area contributed by atoms with Crippen LogP contribution in [0.2, 0.25) is 0 Å². The molecule has 0 aliphatic carbocycles. The number of amides is 1. The first-order chi connectivity index (χ1) is 10.5. The van der Waals surface area contributed by atoms with Crippen LogP contribution < -0.4 is 5.73 Å². The van der Waals surface area contributed by atoms with Gasteiger partial charge in [-0.2, -0.15) is 0 Å². The monoisotopic (exact) mass is 325 g/mol. The number of pyridine rings is 1. The molecule has 1 aromatic heterocycles. The van der Waals surface area contributed by atoms with E-state index in [1.807, 2.05) is 6.92 Å². The second-order valence-corrected chi connectivity index (χ2v) is 7.79. The van der Waals surface area contributed by atoms with Crippen LogP contribution >= 0.6 is 0 Å². The molecule has 6 nitrogen and oxygen atoms in total. The van der Waals surface area contributed by atoms with Crippen molar-refractivity contribution in [2.45, 2.75) is 49.3 Å². The van der Waals surface area contributed by atoms with Gasteiger partial charge in [0.25, 0.3) is 0 Å². The second-order valence-electron chi connectivity index (χ2n) is 5.56. The molecule has 1 saturated heterocycles. The highest BCUT2D eigenvalue weighted by Crippen LogP contribution is 2.24. The summed E-state index contributed by atoms with van der Waals surface area (Å²) in [6.07, 6.45) is 3.69. The number of hydrogen-bond donors (Lipinski definition) is 1. The van der Waals surface area contributed by atoms with Crippen LogP contribution in [0.4, 0.5) is 0 Å². The van der Waals surface area contributed by atoms with Crippen molar-refractivity contribution in [3.8, 4) is 0 Å². The molecule has 122 valence electrons. The standard InChI is InChI=1S/C15H23N3O3S/c1-2-3-15(19)18-8-6-13(7-9-18)22(20,21)14-5-4-12(10-16)17-11-14/h4-5,11,13H,2-3,6-10,16H2,1H3. The number of piperidine rings is 1. The maximum absolute atomic E-state index is 12.6. The third-order valence-corrected chi connectivity index (χ3v) is 6.28. The summed E-state index contributed by atoms with van der Waals surface area (Å²) in [7, 11) is -3.39. The summed E-state index contributed by atoms with van der Waals surface area (Å²) >= 11 is 0. The second kappa shape index (κ2) is 7.19. The number of likely N-dealkylation sites (tertiary alicyclic amines) is 1. The Morgan fingerprint density at radius 3 is 2.55 bits per heavy atom. The van der Waals surface area contributed by atoms with E-state index in [0.717, 1.165) is 6.42 Å². The summed E-state index contributed by atoms with van der Waals surface area (Å²) < 4.78 is 25.2. The highest BCUT2D eigenvalue weighted by Gasteiger charge is 2.32. The minimum absolute atomic E-state index is 0.118. The Labute approximate surface area is 131 Å². The van der Waals surface area contributed by atoms with E-state index < -0.39 is 15.1 Å². The van der Waals surface area contributed by atoms with E-state index >= 15 is 0 Å². The van der Waals surface area contributed by atoms with Crippen molar-refractivity contribution in [2.75, 3.05) is 13.1 Å². The van der Waals surface area contributed by atoms with Crippen LogP contribution in [0, 0.1) is 0 Å². The van der Waals surface area contributed by atoms with Gasteiger partial charge < -0.3 is 10.6 Å². The summed E-state index contributed by atoms with van der Waals surface area (Å²) in [4.78, 5) is 17.9. The SMILES string of the molecule is CCCC(=O)N1CCC(S(=O)(=O)c2ccc(CN)nc2)CC1. The van der Waals surface area contributed by atoms with E-state index in [4.69, 9.17) is 5.73 Å². The summed E-state index contributed by atoms with van der Waals surface area (Å²) in [6.45, 7) is 3.28. The Bertz CT molecular complexity index is 605. The molecule has 7 heteroatoms. The molecule has 1 aromatic rings. The molecule has 22 heavy (non-hydrogen) atoms. The average molecular weight is 325 g/mol. The first-order valence-electron chi connectivity index (χ1n) is 7.65. The highest BCUT2D eigenvalue weighted by atomic mass is 32.2. The molecule has 1 aliphatic heterocycles. The van der Waals surface area contributed by atoms with Crippen LogP contribution in [0.3, 0.4) is 0 Å². The summed E-state index contributed by atoms with van der Waals surface area (Å²) in [5.74, 6) is 0.118. The molecule has 0 spiro atoms. The molecular formula is C15H23N3O3S.